The summed E-state index contributed by atoms with van der Waals surface area (Å²) in [5.74, 6) is 1.80. The fourth-order valence-corrected chi connectivity index (χ4v) is 4.30. The number of hydrogen-bond donors (Lipinski definition) is 0. The Bertz CT molecular complexity index is 895. The molecule has 8 heteroatoms. The highest BCUT2D eigenvalue weighted by Gasteiger charge is 2.48. The molecular formula is C16H20N6OS. The predicted octanol–water partition coefficient (Wildman–Crippen LogP) is 2.05. The first-order chi connectivity index (χ1) is 11.6. The summed E-state index contributed by atoms with van der Waals surface area (Å²) in [5, 5.41) is 9.15. The maximum Gasteiger partial charge on any atom is 0.146 e. The Kier molecular flexibility index (Phi) is 3.54. The highest BCUT2D eigenvalue weighted by molar-refractivity contribution is 7.18. The molecule has 0 atom stereocenters. The van der Waals surface area contributed by atoms with Crippen molar-refractivity contribution in [2.75, 3.05) is 25.1 Å². The van der Waals surface area contributed by atoms with Crippen molar-refractivity contribution in [3.8, 4) is 0 Å². The zero-order valence-corrected chi connectivity index (χ0v) is 15.1. The fourth-order valence-electron chi connectivity index (χ4n) is 3.29. The van der Waals surface area contributed by atoms with Gasteiger partial charge in [0.1, 0.15) is 22.1 Å². The second kappa shape index (κ2) is 5.49. The summed E-state index contributed by atoms with van der Waals surface area (Å²) in [5.41, 5.74) is 0.607. The zero-order chi connectivity index (χ0) is 16.9. The monoisotopic (exact) mass is 344 g/mol. The number of methoxy groups -OCH3 is 1. The van der Waals surface area contributed by atoms with E-state index in [1.165, 1.54) is 4.88 Å². The number of fused-ring (bicyclic) bond motifs is 1. The molecular weight excluding hydrogens is 324 g/mol. The molecule has 0 N–H and O–H groups in total. The first-order valence-corrected chi connectivity index (χ1v) is 8.80. The Morgan fingerprint density at radius 2 is 2.12 bits per heavy atom. The summed E-state index contributed by atoms with van der Waals surface area (Å²) in [7, 11) is 3.64. The van der Waals surface area contributed by atoms with Gasteiger partial charge in [0.2, 0.25) is 0 Å². The first kappa shape index (κ1) is 15.5. The van der Waals surface area contributed by atoms with Crippen LogP contribution in [0.2, 0.25) is 0 Å². The molecule has 3 aromatic heterocycles. The molecule has 4 heterocycles. The summed E-state index contributed by atoms with van der Waals surface area (Å²) < 4.78 is 7.62. The number of aromatic nitrogens is 5. The first-order valence-electron chi connectivity index (χ1n) is 7.98. The third-order valence-corrected chi connectivity index (χ3v) is 5.82. The molecule has 0 bridgehead atoms. The van der Waals surface area contributed by atoms with Gasteiger partial charge in [-0.2, -0.15) is 0 Å². The van der Waals surface area contributed by atoms with Crippen LogP contribution in [0.4, 0.5) is 5.82 Å². The standard InChI is InChI=1S/C16H20N6OS/c1-5-11-6-12-14(18-10(2)19-15(12)24-11)22-8-16(9-22,23-4)13-7-17-20-21(13)3/h6-7H,5,8-9H2,1-4H3. The molecule has 1 saturated heterocycles. The van der Waals surface area contributed by atoms with Crippen LogP contribution < -0.4 is 4.90 Å². The van der Waals surface area contributed by atoms with Crippen molar-refractivity contribution in [1.29, 1.82) is 0 Å². The quantitative estimate of drug-likeness (QED) is 0.721. The van der Waals surface area contributed by atoms with Gasteiger partial charge < -0.3 is 9.64 Å². The number of thiophene rings is 1. The largest absolute Gasteiger partial charge is 0.368 e. The van der Waals surface area contributed by atoms with Crippen molar-refractivity contribution in [2.24, 2.45) is 7.05 Å². The van der Waals surface area contributed by atoms with E-state index in [1.54, 1.807) is 29.3 Å². The molecule has 0 aromatic carbocycles. The van der Waals surface area contributed by atoms with E-state index in [4.69, 9.17) is 9.72 Å². The van der Waals surface area contributed by atoms with E-state index in [2.05, 4.69) is 33.2 Å². The van der Waals surface area contributed by atoms with Crippen LogP contribution in [0, 0.1) is 6.92 Å². The van der Waals surface area contributed by atoms with E-state index in [0.29, 0.717) is 0 Å². The Hall–Kier alpha value is -2.06. The predicted molar refractivity (Wildman–Crippen MR) is 93.4 cm³/mol. The van der Waals surface area contributed by atoms with Gasteiger partial charge in [0, 0.05) is 19.0 Å². The van der Waals surface area contributed by atoms with E-state index >= 15 is 0 Å². The SMILES string of the molecule is CCc1cc2c(N3CC(OC)(c4cnnn4C)C3)nc(C)nc2s1. The number of ether oxygens (including phenoxy) is 1. The molecule has 4 rings (SSSR count). The number of hydrogen-bond acceptors (Lipinski definition) is 7. The van der Waals surface area contributed by atoms with Crippen molar-refractivity contribution in [3.63, 3.8) is 0 Å². The molecule has 0 amide bonds. The lowest BCUT2D eigenvalue weighted by atomic mass is 9.90. The van der Waals surface area contributed by atoms with Crippen LogP contribution in [-0.2, 0) is 23.8 Å². The molecule has 1 aliphatic heterocycles. The molecule has 126 valence electrons. The normalized spacial score (nSPS) is 16.6. The number of rotatable bonds is 4. The third kappa shape index (κ3) is 2.21. The minimum Gasteiger partial charge on any atom is -0.368 e. The fraction of sp³-hybridized carbons (Fsp3) is 0.500. The van der Waals surface area contributed by atoms with Crippen molar-refractivity contribution in [3.05, 3.63) is 28.7 Å². The minimum absolute atomic E-state index is 0.382. The van der Waals surface area contributed by atoms with Crippen molar-refractivity contribution >= 4 is 27.4 Å². The molecule has 0 saturated carbocycles. The van der Waals surface area contributed by atoms with E-state index in [9.17, 15) is 0 Å². The van der Waals surface area contributed by atoms with Gasteiger partial charge in [0.05, 0.1) is 30.4 Å². The topological polar surface area (TPSA) is 69.0 Å². The van der Waals surface area contributed by atoms with Crippen LogP contribution in [-0.4, -0.2) is 45.2 Å². The average molecular weight is 344 g/mol. The van der Waals surface area contributed by atoms with Gasteiger partial charge >= 0.3 is 0 Å². The molecule has 0 unspecified atom stereocenters. The molecule has 0 spiro atoms. The Labute approximate surface area is 144 Å². The number of anilines is 1. The molecule has 3 aromatic rings. The maximum atomic E-state index is 5.84. The minimum atomic E-state index is -0.382. The van der Waals surface area contributed by atoms with Crippen LogP contribution in [0.15, 0.2) is 12.3 Å². The second-order valence-electron chi connectivity index (χ2n) is 6.18. The van der Waals surface area contributed by atoms with Crippen LogP contribution in [0.25, 0.3) is 10.2 Å². The third-order valence-electron chi connectivity index (χ3n) is 4.65. The summed E-state index contributed by atoms with van der Waals surface area (Å²) >= 11 is 1.75. The van der Waals surface area contributed by atoms with Crippen LogP contribution in [0.3, 0.4) is 0 Å². The lowest BCUT2D eigenvalue weighted by molar-refractivity contribution is -0.0446. The zero-order valence-electron chi connectivity index (χ0n) is 14.3. The van der Waals surface area contributed by atoms with E-state index in [-0.39, 0.29) is 5.60 Å². The van der Waals surface area contributed by atoms with Gasteiger partial charge in [0.25, 0.3) is 0 Å². The van der Waals surface area contributed by atoms with Gasteiger partial charge in [-0.15, -0.1) is 16.4 Å². The van der Waals surface area contributed by atoms with E-state index in [0.717, 1.165) is 47.1 Å². The van der Waals surface area contributed by atoms with Gasteiger partial charge in [-0.05, 0) is 19.4 Å². The Balaban J connectivity index is 1.70. The maximum absolute atomic E-state index is 5.84. The number of aryl methyl sites for hydroxylation is 3. The van der Waals surface area contributed by atoms with Crippen molar-refractivity contribution in [2.45, 2.75) is 25.9 Å². The van der Waals surface area contributed by atoms with Crippen LogP contribution >= 0.6 is 11.3 Å². The van der Waals surface area contributed by atoms with Crippen molar-refractivity contribution < 1.29 is 4.74 Å². The lowest BCUT2D eigenvalue weighted by Gasteiger charge is -2.49. The highest BCUT2D eigenvalue weighted by Crippen LogP contribution is 2.40. The van der Waals surface area contributed by atoms with Gasteiger partial charge in [-0.1, -0.05) is 12.1 Å². The molecule has 0 radical (unpaired) electrons. The summed E-state index contributed by atoms with van der Waals surface area (Å²) in [6.45, 7) is 5.57. The molecule has 1 fully saturated rings. The van der Waals surface area contributed by atoms with E-state index in [1.807, 2.05) is 14.0 Å². The smallest absolute Gasteiger partial charge is 0.146 e. The Morgan fingerprint density at radius 1 is 1.33 bits per heavy atom. The summed E-state index contributed by atoms with van der Waals surface area (Å²) in [6.07, 6.45) is 2.80. The van der Waals surface area contributed by atoms with E-state index < -0.39 is 0 Å². The summed E-state index contributed by atoms with van der Waals surface area (Å²) in [6, 6.07) is 2.22. The molecule has 7 nitrogen and oxygen atoms in total. The summed E-state index contributed by atoms with van der Waals surface area (Å²) in [4.78, 5) is 13.9. The number of nitrogens with zero attached hydrogens (tertiary/aromatic N) is 6. The van der Waals surface area contributed by atoms with Gasteiger partial charge in [-0.3, -0.25) is 0 Å². The van der Waals surface area contributed by atoms with Gasteiger partial charge in [-0.25, -0.2) is 14.6 Å². The Morgan fingerprint density at radius 3 is 2.75 bits per heavy atom. The van der Waals surface area contributed by atoms with Gasteiger partial charge in [0.15, 0.2) is 0 Å². The molecule has 1 aliphatic rings. The molecule has 24 heavy (non-hydrogen) atoms. The van der Waals surface area contributed by atoms with Crippen molar-refractivity contribution in [1.82, 2.24) is 25.0 Å². The second-order valence-corrected chi connectivity index (χ2v) is 7.29. The van der Waals surface area contributed by atoms with Crippen LogP contribution in [0.1, 0.15) is 23.3 Å². The lowest BCUT2D eigenvalue weighted by Crippen LogP contribution is -2.61. The average Bonchev–Trinajstić information content (AvgIpc) is 3.13. The molecule has 0 aliphatic carbocycles. The van der Waals surface area contributed by atoms with Crippen LogP contribution in [0.5, 0.6) is 0 Å². The highest BCUT2D eigenvalue weighted by atomic mass is 32.1.